The zero-order chi connectivity index (χ0) is 16.0. The normalized spacial score (nSPS) is 22.9. The van der Waals surface area contributed by atoms with Crippen molar-refractivity contribution in [2.24, 2.45) is 5.73 Å². The van der Waals surface area contributed by atoms with Crippen LogP contribution in [-0.4, -0.2) is 28.1 Å². The number of pyridine rings is 2. The summed E-state index contributed by atoms with van der Waals surface area (Å²) in [5.41, 5.74) is 6.67. The van der Waals surface area contributed by atoms with Crippen LogP contribution >= 0.6 is 0 Å². The van der Waals surface area contributed by atoms with E-state index < -0.39 is 5.91 Å². The minimum Gasteiger partial charge on any atom is -0.374 e. The maximum atomic E-state index is 12.5. The molecule has 1 aliphatic carbocycles. The van der Waals surface area contributed by atoms with E-state index in [1.807, 2.05) is 0 Å². The van der Waals surface area contributed by atoms with E-state index in [1.165, 1.54) is 12.6 Å². The number of hydrogen-bond donors (Lipinski definition) is 2. The van der Waals surface area contributed by atoms with Gasteiger partial charge in [0.2, 0.25) is 0 Å². The van der Waals surface area contributed by atoms with E-state index in [4.69, 9.17) is 10.5 Å². The van der Waals surface area contributed by atoms with E-state index in [2.05, 4.69) is 9.97 Å². The number of nitrogens with one attached hydrogen (secondary N) is 1. The van der Waals surface area contributed by atoms with Crippen molar-refractivity contribution in [2.75, 3.05) is 6.61 Å². The van der Waals surface area contributed by atoms with Crippen LogP contribution in [0, 0.1) is 0 Å². The van der Waals surface area contributed by atoms with Crippen LogP contribution in [0.1, 0.15) is 54.2 Å². The molecular weight excluding hydrogens is 294 g/mol. The fourth-order valence-corrected chi connectivity index (χ4v) is 3.71. The molecule has 6 nitrogen and oxygen atoms in total. The second-order valence-corrected chi connectivity index (χ2v) is 6.62. The number of carbonyl (C=O) groups is 1. The van der Waals surface area contributed by atoms with Crippen LogP contribution in [0.4, 0.5) is 0 Å². The van der Waals surface area contributed by atoms with E-state index in [0.29, 0.717) is 12.1 Å². The van der Waals surface area contributed by atoms with Crippen molar-refractivity contribution in [3.05, 3.63) is 39.9 Å². The Morgan fingerprint density at radius 3 is 2.83 bits per heavy atom. The highest BCUT2D eigenvalue weighted by Crippen LogP contribution is 2.45. The quantitative estimate of drug-likeness (QED) is 0.883. The largest absolute Gasteiger partial charge is 0.374 e. The number of aromatic amines is 1. The average molecular weight is 313 g/mol. The Hall–Kier alpha value is -2.21. The maximum Gasteiger partial charge on any atom is 0.268 e. The first kappa shape index (κ1) is 14.4. The van der Waals surface area contributed by atoms with Gasteiger partial charge >= 0.3 is 0 Å². The molecule has 1 amide bonds. The van der Waals surface area contributed by atoms with E-state index in [-0.39, 0.29) is 28.0 Å². The summed E-state index contributed by atoms with van der Waals surface area (Å²) in [5, 5.41) is 0.260. The Morgan fingerprint density at radius 2 is 2.22 bits per heavy atom. The smallest absolute Gasteiger partial charge is 0.268 e. The second kappa shape index (κ2) is 5.16. The van der Waals surface area contributed by atoms with Gasteiger partial charge in [-0.1, -0.05) is 0 Å². The van der Waals surface area contributed by atoms with Crippen molar-refractivity contribution in [1.82, 2.24) is 9.97 Å². The first-order valence-corrected chi connectivity index (χ1v) is 8.04. The number of amides is 1. The lowest BCUT2D eigenvalue weighted by Crippen LogP contribution is -2.44. The van der Waals surface area contributed by atoms with Crippen molar-refractivity contribution in [3.63, 3.8) is 0 Å². The number of H-pyrrole nitrogens is 1. The summed E-state index contributed by atoms with van der Waals surface area (Å²) < 4.78 is 6.07. The molecule has 1 aliphatic heterocycles. The molecule has 3 N–H and O–H groups in total. The molecule has 2 fully saturated rings. The van der Waals surface area contributed by atoms with E-state index in [0.717, 1.165) is 31.4 Å². The lowest BCUT2D eigenvalue weighted by Gasteiger charge is -2.46. The molecule has 23 heavy (non-hydrogen) atoms. The van der Waals surface area contributed by atoms with Gasteiger partial charge in [-0.15, -0.1) is 0 Å². The third-order valence-corrected chi connectivity index (χ3v) is 5.24. The summed E-state index contributed by atoms with van der Waals surface area (Å²) in [5.74, 6) is -0.509. The summed E-state index contributed by atoms with van der Waals surface area (Å²) in [6.07, 6.45) is 7.10. The number of fused-ring (bicyclic) bond motifs is 1. The minimum atomic E-state index is -0.693. The third kappa shape index (κ3) is 2.34. The number of nitrogens with zero attached hydrogens (tertiary/aromatic N) is 1. The number of nitrogens with two attached hydrogens (primary N) is 1. The molecule has 0 radical (unpaired) electrons. The maximum absolute atomic E-state index is 12.5. The Balaban J connectivity index is 1.69. The highest BCUT2D eigenvalue weighted by molar-refractivity contribution is 6.03. The van der Waals surface area contributed by atoms with Gasteiger partial charge in [0.1, 0.15) is 5.69 Å². The molecule has 3 heterocycles. The molecule has 4 rings (SSSR count). The Bertz CT molecular complexity index is 829. The number of primary amides is 1. The lowest BCUT2D eigenvalue weighted by atomic mass is 9.73. The van der Waals surface area contributed by atoms with Crippen LogP contribution in [-0.2, 0) is 4.74 Å². The molecule has 2 aromatic heterocycles. The SMILES string of the molecule is NC(=O)c1nccc2[nH]c(C3CCC4(CCC4)OC3)cc(=O)c12. The van der Waals surface area contributed by atoms with Crippen LogP contribution in [0.5, 0.6) is 0 Å². The molecule has 2 aliphatic rings. The van der Waals surface area contributed by atoms with Crippen LogP contribution in [0.3, 0.4) is 0 Å². The van der Waals surface area contributed by atoms with E-state index in [9.17, 15) is 9.59 Å². The van der Waals surface area contributed by atoms with E-state index >= 15 is 0 Å². The molecule has 1 atom stereocenters. The van der Waals surface area contributed by atoms with Gasteiger partial charge in [0.25, 0.3) is 5.91 Å². The van der Waals surface area contributed by atoms with Gasteiger partial charge in [0, 0.05) is 23.9 Å². The van der Waals surface area contributed by atoms with Gasteiger partial charge in [0.15, 0.2) is 5.43 Å². The molecule has 0 aromatic carbocycles. The molecule has 1 unspecified atom stereocenters. The third-order valence-electron chi connectivity index (χ3n) is 5.24. The summed E-state index contributed by atoms with van der Waals surface area (Å²) >= 11 is 0. The highest BCUT2D eigenvalue weighted by Gasteiger charge is 2.41. The Morgan fingerprint density at radius 1 is 1.39 bits per heavy atom. The zero-order valence-electron chi connectivity index (χ0n) is 12.8. The first-order chi connectivity index (χ1) is 11.1. The molecule has 2 aromatic rings. The summed E-state index contributed by atoms with van der Waals surface area (Å²) in [7, 11) is 0. The van der Waals surface area contributed by atoms with Crippen molar-refractivity contribution >= 4 is 16.8 Å². The number of rotatable bonds is 2. The monoisotopic (exact) mass is 313 g/mol. The van der Waals surface area contributed by atoms with Crippen molar-refractivity contribution in [1.29, 1.82) is 0 Å². The number of aromatic nitrogens is 2. The number of ether oxygens (including phenoxy) is 1. The van der Waals surface area contributed by atoms with Crippen LogP contribution in [0.2, 0.25) is 0 Å². The molecular formula is C17H19N3O3. The lowest BCUT2D eigenvalue weighted by molar-refractivity contribution is -0.134. The molecule has 6 heteroatoms. The van der Waals surface area contributed by atoms with Crippen molar-refractivity contribution in [3.8, 4) is 0 Å². The van der Waals surface area contributed by atoms with Gasteiger partial charge in [0.05, 0.1) is 23.1 Å². The van der Waals surface area contributed by atoms with E-state index in [1.54, 1.807) is 12.1 Å². The first-order valence-electron chi connectivity index (χ1n) is 8.04. The fraction of sp³-hybridized carbons (Fsp3) is 0.471. The van der Waals surface area contributed by atoms with Crippen molar-refractivity contribution < 1.29 is 9.53 Å². The van der Waals surface area contributed by atoms with Crippen LogP contribution < -0.4 is 11.2 Å². The zero-order valence-corrected chi connectivity index (χ0v) is 12.8. The van der Waals surface area contributed by atoms with Gasteiger partial charge in [-0.2, -0.15) is 0 Å². The summed E-state index contributed by atoms with van der Waals surface area (Å²) in [4.78, 5) is 31.1. The molecule has 1 saturated carbocycles. The van der Waals surface area contributed by atoms with Gasteiger partial charge in [-0.3, -0.25) is 14.6 Å². The molecule has 0 bridgehead atoms. The predicted molar refractivity (Wildman–Crippen MR) is 85.4 cm³/mol. The molecule has 120 valence electrons. The highest BCUT2D eigenvalue weighted by atomic mass is 16.5. The summed E-state index contributed by atoms with van der Waals surface area (Å²) in [6, 6.07) is 3.26. The van der Waals surface area contributed by atoms with Gasteiger partial charge in [-0.05, 0) is 38.2 Å². The topological polar surface area (TPSA) is 98.1 Å². The average Bonchev–Trinajstić information content (AvgIpc) is 2.52. The molecule has 1 spiro atoms. The van der Waals surface area contributed by atoms with Crippen LogP contribution in [0.25, 0.3) is 10.9 Å². The fourth-order valence-electron chi connectivity index (χ4n) is 3.71. The molecule has 1 saturated heterocycles. The van der Waals surface area contributed by atoms with Gasteiger partial charge in [-0.25, -0.2) is 0 Å². The Kier molecular flexibility index (Phi) is 3.23. The van der Waals surface area contributed by atoms with Crippen LogP contribution in [0.15, 0.2) is 23.1 Å². The number of hydrogen-bond acceptors (Lipinski definition) is 4. The number of carbonyl (C=O) groups excluding carboxylic acids is 1. The predicted octanol–water partition coefficient (Wildman–Crippen LogP) is 1.84. The minimum absolute atomic E-state index is 0.0172. The standard InChI is InChI=1S/C17H19N3O3/c18-16(22)15-14-11(3-7-19-15)20-12(8-13(14)21)10-2-6-17(23-9-10)4-1-5-17/h3,7-8,10H,1-2,4-6,9H2,(H2,18,22)(H,20,21). The van der Waals surface area contributed by atoms with Gasteiger partial charge < -0.3 is 15.5 Å². The Labute approximate surface area is 133 Å². The summed E-state index contributed by atoms with van der Waals surface area (Å²) in [6.45, 7) is 0.634. The second-order valence-electron chi connectivity index (χ2n) is 6.62. The van der Waals surface area contributed by atoms with Crippen molar-refractivity contribution in [2.45, 2.75) is 43.6 Å².